The first-order valence-electron chi connectivity index (χ1n) is 6.13. The molecule has 0 amide bonds. The fourth-order valence-electron chi connectivity index (χ4n) is 1.92. The Hall–Kier alpha value is -1.25. The molecule has 104 valence electrons. The quantitative estimate of drug-likeness (QED) is 0.621. The molecule has 8 heteroatoms. The second kappa shape index (κ2) is 6.78. The third-order valence-electron chi connectivity index (χ3n) is 2.97. The third kappa shape index (κ3) is 4.12. The fourth-order valence-corrected chi connectivity index (χ4v) is 2.40. The topological polar surface area (TPSA) is 83.3 Å². The maximum absolute atomic E-state index is 10.6. The molecule has 19 heavy (non-hydrogen) atoms. The van der Waals surface area contributed by atoms with Crippen molar-refractivity contribution in [2.45, 2.75) is 0 Å². The van der Waals surface area contributed by atoms with Crippen molar-refractivity contribution < 1.29 is 4.92 Å². The Kier molecular flexibility index (Phi) is 5.06. The van der Waals surface area contributed by atoms with Gasteiger partial charge in [-0.3, -0.25) is 15.0 Å². The monoisotopic (exact) mass is 329 g/mol. The molecule has 0 aliphatic carbocycles. The second-order valence-electron chi connectivity index (χ2n) is 4.30. The molecule has 2 heterocycles. The highest BCUT2D eigenvalue weighted by molar-refractivity contribution is 9.10. The zero-order valence-corrected chi connectivity index (χ0v) is 12.0. The van der Waals surface area contributed by atoms with Crippen LogP contribution in [0.5, 0.6) is 0 Å². The number of halogens is 1. The van der Waals surface area contributed by atoms with E-state index in [1.165, 1.54) is 12.3 Å². The third-order valence-corrected chi connectivity index (χ3v) is 3.57. The van der Waals surface area contributed by atoms with Crippen molar-refractivity contribution in [2.24, 2.45) is 0 Å². The molecule has 0 saturated carbocycles. The molecular weight excluding hydrogens is 314 g/mol. The van der Waals surface area contributed by atoms with Crippen LogP contribution in [-0.4, -0.2) is 54.1 Å². The molecule has 1 saturated heterocycles. The summed E-state index contributed by atoms with van der Waals surface area (Å²) in [5.74, 6) is 0.640. The molecule has 0 bridgehead atoms. The van der Waals surface area contributed by atoms with Gasteiger partial charge in [-0.2, -0.15) is 0 Å². The van der Waals surface area contributed by atoms with Gasteiger partial charge in [0.2, 0.25) is 0 Å². The van der Waals surface area contributed by atoms with Crippen LogP contribution in [0, 0.1) is 10.1 Å². The summed E-state index contributed by atoms with van der Waals surface area (Å²) in [5, 5.41) is 17.1. The summed E-state index contributed by atoms with van der Waals surface area (Å²) < 4.78 is 0.613. The zero-order chi connectivity index (χ0) is 13.7. The van der Waals surface area contributed by atoms with Gasteiger partial charge in [0.15, 0.2) is 0 Å². The van der Waals surface area contributed by atoms with Crippen LogP contribution in [0.3, 0.4) is 0 Å². The van der Waals surface area contributed by atoms with Gasteiger partial charge >= 0.3 is 0 Å². The minimum atomic E-state index is -0.456. The molecule has 0 atom stereocenters. The summed E-state index contributed by atoms with van der Waals surface area (Å²) in [4.78, 5) is 16.6. The van der Waals surface area contributed by atoms with Crippen molar-refractivity contribution >= 4 is 27.4 Å². The van der Waals surface area contributed by atoms with Crippen molar-refractivity contribution in [1.29, 1.82) is 0 Å². The molecule has 1 aromatic heterocycles. The number of piperazine rings is 1. The molecule has 2 N–H and O–H groups in total. The van der Waals surface area contributed by atoms with E-state index in [1.54, 1.807) is 0 Å². The highest BCUT2D eigenvalue weighted by Gasteiger charge is 2.11. The van der Waals surface area contributed by atoms with Crippen molar-refractivity contribution in [2.75, 3.05) is 44.6 Å². The Morgan fingerprint density at radius 2 is 2.26 bits per heavy atom. The minimum Gasteiger partial charge on any atom is -0.368 e. The number of rotatable bonds is 5. The van der Waals surface area contributed by atoms with Crippen molar-refractivity contribution in [3.8, 4) is 0 Å². The highest BCUT2D eigenvalue weighted by atomic mass is 79.9. The minimum absolute atomic E-state index is 0.0143. The van der Waals surface area contributed by atoms with Crippen molar-refractivity contribution in [3.63, 3.8) is 0 Å². The first-order chi connectivity index (χ1) is 9.16. The van der Waals surface area contributed by atoms with E-state index >= 15 is 0 Å². The Morgan fingerprint density at radius 3 is 2.89 bits per heavy atom. The lowest BCUT2D eigenvalue weighted by Gasteiger charge is -2.27. The summed E-state index contributed by atoms with van der Waals surface area (Å²) in [6, 6.07) is 1.46. The molecule has 7 nitrogen and oxygen atoms in total. The summed E-state index contributed by atoms with van der Waals surface area (Å²) in [6.45, 7) is 5.86. The molecule has 0 unspecified atom stereocenters. The number of nitrogens with zero attached hydrogens (tertiary/aromatic N) is 3. The van der Waals surface area contributed by atoms with Gasteiger partial charge in [-0.05, 0) is 15.9 Å². The smallest absolute Gasteiger partial charge is 0.288 e. The highest BCUT2D eigenvalue weighted by Crippen LogP contribution is 2.24. The Morgan fingerprint density at radius 1 is 1.53 bits per heavy atom. The lowest BCUT2D eigenvalue weighted by atomic mass is 10.3. The number of pyridine rings is 1. The van der Waals surface area contributed by atoms with Crippen molar-refractivity contribution in [1.82, 2.24) is 15.2 Å². The molecule has 2 rings (SSSR count). The van der Waals surface area contributed by atoms with Gasteiger partial charge in [-0.25, -0.2) is 4.98 Å². The molecule has 1 aliphatic rings. The van der Waals surface area contributed by atoms with Gasteiger partial charge in [0.1, 0.15) is 12.0 Å². The number of anilines is 1. The molecule has 1 aromatic rings. The molecular formula is C11H16BrN5O2. The van der Waals surface area contributed by atoms with Crippen LogP contribution >= 0.6 is 15.9 Å². The van der Waals surface area contributed by atoms with E-state index in [4.69, 9.17) is 0 Å². The van der Waals surface area contributed by atoms with E-state index in [2.05, 4.69) is 36.4 Å². The molecule has 1 fully saturated rings. The Balaban J connectivity index is 1.83. The first kappa shape index (κ1) is 14.2. The number of nitrogens with one attached hydrogen (secondary N) is 2. The molecule has 1 aliphatic heterocycles. The Bertz CT molecular complexity index is 451. The van der Waals surface area contributed by atoms with Crippen LogP contribution in [0.25, 0.3) is 0 Å². The van der Waals surface area contributed by atoms with Gasteiger partial charge < -0.3 is 10.6 Å². The van der Waals surface area contributed by atoms with Gasteiger partial charge in [0.25, 0.3) is 5.69 Å². The van der Waals surface area contributed by atoms with E-state index in [-0.39, 0.29) is 5.69 Å². The number of nitro groups is 1. The standard InChI is InChI=1S/C11H16BrN5O2/c12-10-7-9(17(18)19)8-15-11(10)14-3-6-16-4-1-13-2-5-16/h7-8,13H,1-6H2,(H,14,15). The zero-order valence-electron chi connectivity index (χ0n) is 10.4. The fraction of sp³-hybridized carbons (Fsp3) is 0.545. The molecule has 0 radical (unpaired) electrons. The van der Waals surface area contributed by atoms with Gasteiger partial charge in [-0.15, -0.1) is 0 Å². The van der Waals surface area contributed by atoms with E-state index < -0.39 is 4.92 Å². The predicted molar refractivity (Wildman–Crippen MR) is 76.4 cm³/mol. The van der Waals surface area contributed by atoms with E-state index in [9.17, 15) is 10.1 Å². The summed E-state index contributed by atoms with van der Waals surface area (Å²) in [7, 11) is 0. The maximum atomic E-state index is 10.6. The lowest BCUT2D eigenvalue weighted by molar-refractivity contribution is -0.385. The first-order valence-corrected chi connectivity index (χ1v) is 6.93. The SMILES string of the molecule is O=[N+]([O-])c1cnc(NCCN2CCNCC2)c(Br)c1. The van der Waals surface area contributed by atoms with Crippen LogP contribution in [0.1, 0.15) is 0 Å². The number of aromatic nitrogens is 1. The van der Waals surface area contributed by atoms with Gasteiger partial charge in [0, 0.05) is 45.3 Å². The predicted octanol–water partition coefficient (Wildman–Crippen LogP) is 1.07. The van der Waals surface area contributed by atoms with Crippen LogP contribution in [0.15, 0.2) is 16.7 Å². The van der Waals surface area contributed by atoms with Crippen LogP contribution in [-0.2, 0) is 0 Å². The van der Waals surface area contributed by atoms with Crippen molar-refractivity contribution in [3.05, 3.63) is 26.9 Å². The maximum Gasteiger partial charge on any atom is 0.288 e. The normalized spacial score (nSPS) is 16.3. The average molecular weight is 330 g/mol. The van der Waals surface area contributed by atoms with Crippen LogP contribution in [0.4, 0.5) is 11.5 Å². The van der Waals surface area contributed by atoms with E-state index in [0.29, 0.717) is 10.3 Å². The van der Waals surface area contributed by atoms with Crippen LogP contribution in [0.2, 0.25) is 0 Å². The van der Waals surface area contributed by atoms with Crippen LogP contribution < -0.4 is 10.6 Å². The summed E-state index contributed by atoms with van der Waals surface area (Å²) in [6.07, 6.45) is 1.26. The largest absolute Gasteiger partial charge is 0.368 e. The Labute approximate surface area is 119 Å². The molecule has 0 aromatic carbocycles. The summed E-state index contributed by atoms with van der Waals surface area (Å²) >= 11 is 3.29. The molecule has 0 spiro atoms. The van der Waals surface area contributed by atoms with E-state index in [0.717, 1.165) is 39.3 Å². The average Bonchev–Trinajstić information content (AvgIpc) is 2.41. The van der Waals surface area contributed by atoms with Gasteiger partial charge in [-0.1, -0.05) is 0 Å². The number of hydrogen-bond donors (Lipinski definition) is 2. The number of hydrogen-bond acceptors (Lipinski definition) is 6. The summed E-state index contributed by atoms with van der Waals surface area (Å²) in [5.41, 5.74) is -0.0143. The second-order valence-corrected chi connectivity index (χ2v) is 5.15. The lowest BCUT2D eigenvalue weighted by Crippen LogP contribution is -2.45. The van der Waals surface area contributed by atoms with E-state index in [1.807, 2.05) is 0 Å². The van der Waals surface area contributed by atoms with Gasteiger partial charge in [0.05, 0.1) is 9.40 Å².